The van der Waals surface area contributed by atoms with Crippen LogP contribution in [0.1, 0.15) is 32.3 Å². The van der Waals surface area contributed by atoms with Crippen LogP contribution in [-0.2, 0) is 5.41 Å². The standard InChI is InChI=1S/C13H22N4/c1-10-15-11(13(2,3)4)9-12(16-10)17-7-5-14-6-8-17/h9,14H,5-8H2,1-4H3. The first-order valence-electron chi connectivity index (χ1n) is 6.28. The molecular formula is C13H22N4. The third kappa shape index (κ3) is 2.94. The van der Waals surface area contributed by atoms with Gasteiger partial charge in [0.1, 0.15) is 11.6 Å². The third-order valence-electron chi connectivity index (χ3n) is 3.03. The Morgan fingerprint density at radius 2 is 1.82 bits per heavy atom. The van der Waals surface area contributed by atoms with Crippen molar-refractivity contribution in [1.29, 1.82) is 0 Å². The van der Waals surface area contributed by atoms with E-state index in [1.807, 2.05) is 6.92 Å². The molecule has 1 saturated heterocycles. The zero-order valence-corrected chi connectivity index (χ0v) is 11.2. The van der Waals surface area contributed by atoms with Gasteiger partial charge in [-0.3, -0.25) is 0 Å². The normalized spacial score (nSPS) is 17.3. The Kier molecular flexibility index (Phi) is 3.33. The first-order chi connectivity index (χ1) is 7.97. The molecule has 4 nitrogen and oxygen atoms in total. The molecule has 1 N–H and O–H groups in total. The largest absolute Gasteiger partial charge is 0.354 e. The summed E-state index contributed by atoms with van der Waals surface area (Å²) in [6, 6.07) is 2.14. The molecular weight excluding hydrogens is 212 g/mol. The summed E-state index contributed by atoms with van der Waals surface area (Å²) in [5.74, 6) is 1.94. The van der Waals surface area contributed by atoms with Crippen LogP contribution in [0, 0.1) is 6.92 Å². The predicted molar refractivity (Wildman–Crippen MR) is 70.6 cm³/mol. The highest BCUT2D eigenvalue weighted by molar-refractivity contribution is 5.41. The van der Waals surface area contributed by atoms with Gasteiger partial charge in [0.25, 0.3) is 0 Å². The molecule has 4 heteroatoms. The summed E-state index contributed by atoms with van der Waals surface area (Å²) in [5, 5.41) is 3.36. The van der Waals surface area contributed by atoms with E-state index in [4.69, 9.17) is 0 Å². The van der Waals surface area contributed by atoms with Gasteiger partial charge in [-0.05, 0) is 6.92 Å². The smallest absolute Gasteiger partial charge is 0.132 e. The van der Waals surface area contributed by atoms with E-state index in [-0.39, 0.29) is 5.41 Å². The lowest BCUT2D eigenvalue weighted by molar-refractivity contribution is 0.557. The van der Waals surface area contributed by atoms with Gasteiger partial charge < -0.3 is 10.2 Å². The lowest BCUT2D eigenvalue weighted by Crippen LogP contribution is -2.44. The highest BCUT2D eigenvalue weighted by Crippen LogP contribution is 2.23. The van der Waals surface area contributed by atoms with Crippen molar-refractivity contribution < 1.29 is 0 Å². The fourth-order valence-corrected chi connectivity index (χ4v) is 1.99. The van der Waals surface area contributed by atoms with Crippen molar-refractivity contribution in [2.24, 2.45) is 0 Å². The second-order valence-electron chi connectivity index (χ2n) is 5.65. The van der Waals surface area contributed by atoms with Crippen LogP contribution in [0.5, 0.6) is 0 Å². The van der Waals surface area contributed by atoms with Crippen LogP contribution in [0.2, 0.25) is 0 Å². The van der Waals surface area contributed by atoms with E-state index in [2.05, 4.69) is 47.0 Å². The molecule has 1 aromatic heterocycles. The molecule has 0 bridgehead atoms. The molecule has 0 aliphatic carbocycles. The fraction of sp³-hybridized carbons (Fsp3) is 0.692. The number of aromatic nitrogens is 2. The Hall–Kier alpha value is -1.16. The monoisotopic (exact) mass is 234 g/mol. The van der Waals surface area contributed by atoms with Gasteiger partial charge in [0.15, 0.2) is 0 Å². The summed E-state index contributed by atoms with van der Waals surface area (Å²) in [7, 11) is 0. The Labute approximate surface area is 103 Å². The van der Waals surface area contributed by atoms with Crippen LogP contribution in [0.15, 0.2) is 6.07 Å². The first kappa shape index (κ1) is 12.3. The Morgan fingerprint density at radius 1 is 1.18 bits per heavy atom. The molecule has 0 atom stereocenters. The van der Waals surface area contributed by atoms with Gasteiger partial charge in [0.2, 0.25) is 0 Å². The molecule has 17 heavy (non-hydrogen) atoms. The number of nitrogens with zero attached hydrogens (tertiary/aromatic N) is 3. The highest BCUT2D eigenvalue weighted by Gasteiger charge is 2.19. The van der Waals surface area contributed by atoms with E-state index in [0.29, 0.717) is 0 Å². The first-order valence-corrected chi connectivity index (χ1v) is 6.28. The quantitative estimate of drug-likeness (QED) is 0.799. The van der Waals surface area contributed by atoms with Crippen molar-refractivity contribution in [1.82, 2.24) is 15.3 Å². The van der Waals surface area contributed by atoms with E-state index in [1.54, 1.807) is 0 Å². The molecule has 0 aromatic carbocycles. The SMILES string of the molecule is Cc1nc(N2CCNCC2)cc(C(C)(C)C)n1. The van der Waals surface area contributed by atoms with Gasteiger partial charge in [-0.15, -0.1) is 0 Å². The summed E-state index contributed by atoms with van der Waals surface area (Å²) >= 11 is 0. The van der Waals surface area contributed by atoms with Crippen molar-refractivity contribution in [3.05, 3.63) is 17.6 Å². The van der Waals surface area contributed by atoms with Crippen LogP contribution >= 0.6 is 0 Å². The molecule has 2 rings (SSSR count). The molecule has 0 unspecified atom stereocenters. The molecule has 1 aromatic rings. The van der Waals surface area contributed by atoms with E-state index in [1.165, 1.54) is 0 Å². The third-order valence-corrected chi connectivity index (χ3v) is 3.03. The maximum absolute atomic E-state index is 4.56. The van der Waals surface area contributed by atoms with Crippen LogP contribution < -0.4 is 10.2 Å². The average molecular weight is 234 g/mol. The van der Waals surface area contributed by atoms with E-state index >= 15 is 0 Å². The molecule has 1 aliphatic heterocycles. The summed E-state index contributed by atoms with van der Waals surface area (Å²) in [6.45, 7) is 12.7. The zero-order valence-electron chi connectivity index (χ0n) is 11.2. The molecule has 0 amide bonds. The van der Waals surface area contributed by atoms with Crippen molar-refractivity contribution in [3.8, 4) is 0 Å². The maximum Gasteiger partial charge on any atom is 0.132 e. The number of rotatable bonds is 1. The summed E-state index contributed by atoms with van der Waals surface area (Å²) in [6.07, 6.45) is 0. The minimum absolute atomic E-state index is 0.0798. The molecule has 1 fully saturated rings. The van der Waals surface area contributed by atoms with Crippen LogP contribution in [0.4, 0.5) is 5.82 Å². The van der Waals surface area contributed by atoms with Gasteiger partial charge in [-0.1, -0.05) is 20.8 Å². The van der Waals surface area contributed by atoms with Crippen molar-refractivity contribution in [2.75, 3.05) is 31.1 Å². The van der Waals surface area contributed by atoms with Gasteiger partial charge in [-0.2, -0.15) is 0 Å². The van der Waals surface area contributed by atoms with Crippen LogP contribution in [0.3, 0.4) is 0 Å². The Morgan fingerprint density at radius 3 is 2.41 bits per heavy atom. The molecule has 0 radical (unpaired) electrons. The number of hydrogen-bond donors (Lipinski definition) is 1. The zero-order chi connectivity index (χ0) is 12.5. The number of nitrogens with one attached hydrogen (secondary N) is 1. The summed E-state index contributed by atoms with van der Waals surface area (Å²) in [4.78, 5) is 11.4. The maximum atomic E-state index is 4.56. The second-order valence-corrected chi connectivity index (χ2v) is 5.65. The molecule has 2 heterocycles. The Bertz CT molecular complexity index is 389. The van der Waals surface area contributed by atoms with Crippen molar-refractivity contribution in [2.45, 2.75) is 33.1 Å². The molecule has 94 valence electrons. The fourth-order valence-electron chi connectivity index (χ4n) is 1.99. The minimum Gasteiger partial charge on any atom is -0.354 e. The predicted octanol–water partition coefficient (Wildman–Crippen LogP) is 1.49. The lowest BCUT2D eigenvalue weighted by Gasteiger charge is -2.29. The second kappa shape index (κ2) is 4.61. The number of hydrogen-bond acceptors (Lipinski definition) is 4. The van der Waals surface area contributed by atoms with Crippen LogP contribution in [0.25, 0.3) is 0 Å². The van der Waals surface area contributed by atoms with Gasteiger partial charge in [-0.25, -0.2) is 9.97 Å². The van der Waals surface area contributed by atoms with Crippen molar-refractivity contribution >= 4 is 5.82 Å². The van der Waals surface area contributed by atoms with Gasteiger partial charge in [0, 0.05) is 37.7 Å². The van der Waals surface area contributed by atoms with Crippen LogP contribution in [-0.4, -0.2) is 36.1 Å². The Balaban J connectivity index is 2.31. The number of aryl methyl sites for hydroxylation is 1. The number of piperazine rings is 1. The van der Waals surface area contributed by atoms with E-state index in [9.17, 15) is 0 Å². The average Bonchev–Trinajstić information content (AvgIpc) is 2.28. The summed E-state index contributed by atoms with van der Waals surface area (Å²) < 4.78 is 0. The van der Waals surface area contributed by atoms with E-state index < -0.39 is 0 Å². The molecule has 0 spiro atoms. The van der Waals surface area contributed by atoms with Gasteiger partial charge >= 0.3 is 0 Å². The van der Waals surface area contributed by atoms with Crippen molar-refractivity contribution in [3.63, 3.8) is 0 Å². The topological polar surface area (TPSA) is 41.1 Å². The number of anilines is 1. The highest BCUT2D eigenvalue weighted by atomic mass is 15.2. The van der Waals surface area contributed by atoms with Gasteiger partial charge in [0.05, 0.1) is 5.69 Å². The lowest BCUT2D eigenvalue weighted by atomic mass is 9.92. The molecule has 0 saturated carbocycles. The molecule has 1 aliphatic rings. The van der Waals surface area contributed by atoms with E-state index in [0.717, 1.165) is 43.5 Å². The minimum atomic E-state index is 0.0798. The summed E-state index contributed by atoms with van der Waals surface area (Å²) in [5.41, 5.74) is 1.20.